The maximum absolute atomic E-state index is 13.2. The molecule has 0 aliphatic carbocycles. The minimum Gasteiger partial charge on any atom is -0.493 e. The maximum atomic E-state index is 13.2. The monoisotopic (exact) mass is 566 g/mol. The molecule has 0 atom stereocenters. The number of aliphatic imine (C=N–C) groups is 1. The van der Waals surface area contributed by atoms with Crippen LogP contribution in [0.2, 0.25) is 5.02 Å². The van der Waals surface area contributed by atoms with Crippen molar-refractivity contribution in [3.8, 4) is 23.3 Å². The SMILES string of the molecule is CC#N.COc1cc(Cl)cc(C=Nc2c(C)n(C)n(-c3ccccc3)c2=O)c1OS(=O)(=O)c1ccc(C)cc1. The van der Waals surface area contributed by atoms with Crippen molar-refractivity contribution in [3.63, 3.8) is 0 Å². The van der Waals surface area contributed by atoms with Gasteiger partial charge < -0.3 is 8.92 Å². The van der Waals surface area contributed by atoms with Gasteiger partial charge in [0.2, 0.25) is 0 Å². The zero-order valence-corrected chi connectivity index (χ0v) is 23.6. The third-order valence-corrected chi connectivity index (χ3v) is 7.08. The van der Waals surface area contributed by atoms with Crippen molar-refractivity contribution in [2.24, 2.45) is 12.0 Å². The standard InChI is InChI=1S/C26H24ClN3O5S.C2H3N/c1-17-10-12-22(13-11-17)36(32,33)35-25-19(14-20(27)15-23(25)34-4)16-28-24-18(2)29(3)30(26(24)31)21-8-6-5-7-9-21;1-2-3/h5-16H,1-4H3;1H3. The Balaban J connectivity index is 0.00000134. The highest BCUT2D eigenvalue weighted by molar-refractivity contribution is 7.87. The molecule has 0 aliphatic rings. The Morgan fingerprint density at radius 2 is 1.67 bits per heavy atom. The van der Waals surface area contributed by atoms with Crippen LogP contribution in [0, 0.1) is 25.2 Å². The van der Waals surface area contributed by atoms with E-state index in [2.05, 4.69) is 4.99 Å². The van der Waals surface area contributed by atoms with Crippen LogP contribution in [0.4, 0.5) is 5.69 Å². The molecular weight excluding hydrogens is 540 g/mol. The number of hydrogen-bond acceptors (Lipinski definition) is 7. The van der Waals surface area contributed by atoms with E-state index in [9.17, 15) is 13.2 Å². The molecule has 0 saturated heterocycles. The van der Waals surface area contributed by atoms with Crippen LogP contribution in [-0.2, 0) is 17.2 Å². The number of aryl methyl sites for hydroxylation is 1. The molecule has 11 heteroatoms. The molecule has 0 unspecified atom stereocenters. The molecule has 3 aromatic carbocycles. The lowest BCUT2D eigenvalue weighted by molar-refractivity contribution is 0.390. The fourth-order valence-corrected chi connectivity index (χ4v) is 4.81. The van der Waals surface area contributed by atoms with Gasteiger partial charge in [-0.05, 0) is 44.2 Å². The van der Waals surface area contributed by atoms with Crippen LogP contribution >= 0.6 is 11.6 Å². The van der Waals surface area contributed by atoms with Crippen LogP contribution < -0.4 is 14.5 Å². The summed E-state index contributed by atoms with van der Waals surface area (Å²) in [4.78, 5) is 17.6. The van der Waals surface area contributed by atoms with Crippen molar-refractivity contribution in [3.05, 3.63) is 98.9 Å². The number of para-hydroxylation sites is 1. The lowest BCUT2D eigenvalue weighted by atomic mass is 10.2. The second kappa shape index (κ2) is 12.5. The summed E-state index contributed by atoms with van der Waals surface area (Å²) in [6.07, 6.45) is 1.34. The minimum atomic E-state index is -4.19. The Labute approximate surface area is 232 Å². The van der Waals surface area contributed by atoms with Gasteiger partial charge in [0.25, 0.3) is 5.56 Å². The molecule has 9 nitrogen and oxygen atoms in total. The number of halogens is 1. The summed E-state index contributed by atoms with van der Waals surface area (Å²) in [6.45, 7) is 5.05. The van der Waals surface area contributed by atoms with E-state index < -0.39 is 10.1 Å². The molecule has 0 N–H and O–H groups in total. The Bertz CT molecular complexity index is 1700. The lowest BCUT2D eigenvalue weighted by Crippen LogP contribution is -2.19. The highest BCUT2D eigenvalue weighted by Crippen LogP contribution is 2.36. The Kier molecular flexibility index (Phi) is 9.35. The first-order valence-corrected chi connectivity index (χ1v) is 13.4. The van der Waals surface area contributed by atoms with E-state index in [0.717, 1.165) is 5.56 Å². The number of methoxy groups -OCH3 is 1. The molecule has 0 radical (unpaired) electrons. The number of rotatable bonds is 7. The van der Waals surface area contributed by atoms with Gasteiger partial charge in [-0.15, -0.1) is 0 Å². The van der Waals surface area contributed by atoms with Crippen LogP contribution in [-0.4, -0.2) is 31.1 Å². The average molecular weight is 567 g/mol. The predicted octanol–water partition coefficient (Wildman–Crippen LogP) is 5.50. The third kappa shape index (κ3) is 6.57. The number of aromatic nitrogens is 2. The van der Waals surface area contributed by atoms with Gasteiger partial charge in [-0.2, -0.15) is 13.7 Å². The molecule has 4 aromatic rings. The van der Waals surface area contributed by atoms with E-state index in [1.54, 1.807) is 36.9 Å². The average Bonchev–Trinajstić information content (AvgIpc) is 3.12. The van der Waals surface area contributed by atoms with Crippen molar-refractivity contribution < 1.29 is 17.3 Å². The first kappa shape index (κ1) is 29.2. The second-order valence-corrected chi connectivity index (χ2v) is 10.3. The van der Waals surface area contributed by atoms with Crippen molar-refractivity contribution in [2.45, 2.75) is 25.7 Å². The molecule has 0 spiro atoms. The summed E-state index contributed by atoms with van der Waals surface area (Å²) in [5, 5.41) is 7.60. The van der Waals surface area contributed by atoms with E-state index in [1.165, 1.54) is 49.2 Å². The predicted molar refractivity (Wildman–Crippen MR) is 151 cm³/mol. The van der Waals surface area contributed by atoms with Gasteiger partial charge in [-0.3, -0.25) is 9.48 Å². The number of hydrogen-bond donors (Lipinski definition) is 0. The smallest absolute Gasteiger partial charge is 0.339 e. The first-order valence-electron chi connectivity index (χ1n) is 11.6. The van der Waals surface area contributed by atoms with Gasteiger partial charge in [0.05, 0.1) is 24.6 Å². The fraction of sp³-hybridized carbons (Fsp3) is 0.179. The highest BCUT2D eigenvalue weighted by Gasteiger charge is 2.23. The van der Waals surface area contributed by atoms with Crippen molar-refractivity contribution in [2.75, 3.05) is 7.11 Å². The maximum Gasteiger partial charge on any atom is 0.339 e. The quantitative estimate of drug-likeness (QED) is 0.215. The zero-order chi connectivity index (χ0) is 28.7. The van der Waals surface area contributed by atoms with Gasteiger partial charge in [-0.25, -0.2) is 9.67 Å². The number of benzene rings is 3. The van der Waals surface area contributed by atoms with Gasteiger partial charge in [0.15, 0.2) is 17.2 Å². The molecule has 0 fully saturated rings. The summed E-state index contributed by atoms with van der Waals surface area (Å²) >= 11 is 6.24. The second-order valence-electron chi connectivity index (χ2n) is 8.27. The van der Waals surface area contributed by atoms with E-state index in [4.69, 9.17) is 25.8 Å². The number of ether oxygens (including phenoxy) is 1. The number of nitriles is 1. The topological polar surface area (TPSA) is 116 Å². The summed E-state index contributed by atoms with van der Waals surface area (Å²) in [5.74, 6) is 0.00862. The molecule has 1 heterocycles. The molecule has 0 bridgehead atoms. The van der Waals surface area contributed by atoms with Gasteiger partial charge >= 0.3 is 10.1 Å². The summed E-state index contributed by atoms with van der Waals surface area (Å²) in [6, 6.07) is 20.1. The van der Waals surface area contributed by atoms with Crippen LogP contribution in [0.15, 0.2) is 81.4 Å². The minimum absolute atomic E-state index is 0.0161. The lowest BCUT2D eigenvalue weighted by Gasteiger charge is -2.14. The molecule has 4 rings (SSSR count). The van der Waals surface area contributed by atoms with E-state index in [1.807, 2.05) is 37.3 Å². The van der Waals surface area contributed by atoms with Gasteiger partial charge in [-0.1, -0.05) is 47.5 Å². The molecule has 1 aromatic heterocycles. The van der Waals surface area contributed by atoms with Crippen molar-refractivity contribution in [1.82, 2.24) is 9.36 Å². The van der Waals surface area contributed by atoms with Gasteiger partial charge in [0.1, 0.15) is 4.90 Å². The van der Waals surface area contributed by atoms with Crippen LogP contribution in [0.3, 0.4) is 0 Å². The molecule has 0 aliphatic heterocycles. The fourth-order valence-electron chi connectivity index (χ4n) is 3.63. The molecule has 0 saturated carbocycles. The van der Waals surface area contributed by atoms with E-state index in [0.29, 0.717) is 11.4 Å². The Morgan fingerprint density at radius 1 is 1.05 bits per heavy atom. The Morgan fingerprint density at radius 3 is 2.26 bits per heavy atom. The van der Waals surface area contributed by atoms with Crippen molar-refractivity contribution >= 4 is 33.6 Å². The van der Waals surface area contributed by atoms with Crippen molar-refractivity contribution in [1.29, 1.82) is 5.26 Å². The van der Waals surface area contributed by atoms with Gasteiger partial charge in [0, 0.05) is 36.8 Å². The number of nitrogens with zero attached hydrogens (tertiary/aromatic N) is 4. The largest absolute Gasteiger partial charge is 0.493 e. The zero-order valence-electron chi connectivity index (χ0n) is 22.0. The molecule has 202 valence electrons. The first-order chi connectivity index (χ1) is 18.5. The molecular formula is C28H27ClN4O5S. The summed E-state index contributed by atoms with van der Waals surface area (Å²) < 4.78 is 40.0. The third-order valence-electron chi connectivity index (χ3n) is 5.63. The normalized spacial score (nSPS) is 11.0. The summed E-state index contributed by atoms with van der Waals surface area (Å²) in [5.41, 5.74) is 2.29. The van der Waals surface area contributed by atoms with E-state index >= 15 is 0 Å². The van der Waals surface area contributed by atoms with Crippen LogP contribution in [0.1, 0.15) is 23.7 Å². The highest BCUT2D eigenvalue weighted by atomic mass is 35.5. The Hall–Kier alpha value is -4.33. The van der Waals surface area contributed by atoms with Crippen LogP contribution in [0.5, 0.6) is 11.5 Å². The summed E-state index contributed by atoms with van der Waals surface area (Å²) in [7, 11) is -1.06. The van der Waals surface area contributed by atoms with E-state index in [-0.39, 0.29) is 38.2 Å². The molecule has 39 heavy (non-hydrogen) atoms. The molecule has 0 amide bonds. The van der Waals surface area contributed by atoms with Crippen LogP contribution in [0.25, 0.3) is 5.69 Å².